The van der Waals surface area contributed by atoms with Crippen LogP contribution in [0.4, 0.5) is 5.13 Å². The molecule has 0 radical (unpaired) electrons. The number of amides is 1. The highest BCUT2D eigenvalue weighted by Gasteiger charge is 2.32. The van der Waals surface area contributed by atoms with Gasteiger partial charge in [-0.3, -0.25) is 9.69 Å². The van der Waals surface area contributed by atoms with Gasteiger partial charge in [-0.2, -0.15) is 0 Å². The van der Waals surface area contributed by atoms with E-state index in [-0.39, 0.29) is 23.2 Å². The van der Waals surface area contributed by atoms with Gasteiger partial charge < -0.3 is 5.11 Å². The first-order chi connectivity index (χ1) is 8.61. The van der Waals surface area contributed by atoms with Crippen molar-refractivity contribution in [3.63, 3.8) is 0 Å². The molecule has 1 atom stereocenters. The van der Waals surface area contributed by atoms with Gasteiger partial charge in [0, 0.05) is 24.4 Å². The number of hydrogen-bond acceptors (Lipinski definition) is 5. The number of carbonyl (C=O) groups is 2. The van der Waals surface area contributed by atoms with Crippen LogP contribution in [0.3, 0.4) is 0 Å². The first-order valence-electron chi connectivity index (χ1n) is 5.12. The van der Waals surface area contributed by atoms with Gasteiger partial charge in [0.25, 0.3) is 0 Å². The fraction of sp³-hybridized carbons (Fsp3) is 0.444. The summed E-state index contributed by atoms with van der Waals surface area (Å²) in [5.74, 6) is -1.22. The lowest BCUT2D eigenvalue weighted by atomic mass is 10.1. The molecule has 0 aromatic carbocycles. The number of thiazole rings is 1. The number of carboxylic acid groups (broad SMARTS) is 1. The quantitative estimate of drug-likeness (QED) is 0.505. The van der Waals surface area contributed by atoms with Crippen molar-refractivity contribution >= 4 is 28.3 Å². The molecule has 1 amide bonds. The van der Waals surface area contributed by atoms with Crippen molar-refractivity contribution in [3.8, 4) is 0 Å². The molecule has 1 aliphatic heterocycles. The molecule has 0 aliphatic carbocycles. The summed E-state index contributed by atoms with van der Waals surface area (Å²) in [6, 6.07) is 0. The molecule has 2 rings (SSSR count). The van der Waals surface area contributed by atoms with E-state index in [1.54, 1.807) is 0 Å². The van der Waals surface area contributed by atoms with Gasteiger partial charge in [-0.25, -0.2) is 9.78 Å². The molecule has 1 fully saturated rings. The minimum absolute atomic E-state index is 0.0365. The lowest BCUT2D eigenvalue weighted by Gasteiger charge is -2.11. The summed E-state index contributed by atoms with van der Waals surface area (Å²) in [6.45, 7) is 0.667. The van der Waals surface area contributed by atoms with Gasteiger partial charge >= 0.3 is 5.97 Å². The Hall–Kier alpha value is -2.12. The van der Waals surface area contributed by atoms with E-state index in [1.165, 1.54) is 11.1 Å². The Labute approximate surface area is 105 Å². The van der Waals surface area contributed by atoms with Crippen LogP contribution in [-0.2, 0) is 4.79 Å². The normalized spacial score (nSPS) is 18.8. The van der Waals surface area contributed by atoms with Gasteiger partial charge in [0.2, 0.25) is 5.91 Å². The summed E-state index contributed by atoms with van der Waals surface area (Å²) in [6.07, 6.45) is 1.53. The third-order valence-electron chi connectivity index (χ3n) is 2.54. The van der Waals surface area contributed by atoms with Crippen molar-refractivity contribution in [2.75, 3.05) is 18.0 Å². The Balaban J connectivity index is 2.11. The van der Waals surface area contributed by atoms with Crippen molar-refractivity contribution in [3.05, 3.63) is 21.5 Å². The molecule has 0 saturated carbocycles. The van der Waals surface area contributed by atoms with E-state index >= 15 is 0 Å². The summed E-state index contributed by atoms with van der Waals surface area (Å²) >= 11 is 0.959. The standard InChI is InChI=1S/C9H9N5O3S/c10-13-12-2-5-1-7(15)14(4-5)9-11-3-6(18-9)8(16)17/h3,5H,1-2,4H2,(H,16,17). The van der Waals surface area contributed by atoms with Crippen molar-refractivity contribution in [2.24, 2.45) is 11.0 Å². The van der Waals surface area contributed by atoms with Crippen molar-refractivity contribution in [1.82, 2.24) is 4.98 Å². The highest BCUT2D eigenvalue weighted by Crippen LogP contribution is 2.29. The van der Waals surface area contributed by atoms with Crippen LogP contribution in [-0.4, -0.2) is 35.1 Å². The lowest BCUT2D eigenvalue weighted by Crippen LogP contribution is -2.24. The average Bonchev–Trinajstić information content (AvgIpc) is 2.92. The maximum absolute atomic E-state index is 11.7. The van der Waals surface area contributed by atoms with E-state index in [2.05, 4.69) is 15.0 Å². The SMILES string of the molecule is [N-]=[N+]=NCC1CC(=O)N(c2ncc(C(=O)O)s2)C1. The summed E-state index contributed by atoms with van der Waals surface area (Å²) < 4.78 is 0. The Morgan fingerprint density at radius 1 is 1.78 bits per heavy atom. The number of anilines is 1. The second-order valence-corrected chi connectivity index (χ2v) is 4.81. The molecule has 0 spiro atoms. The number of carboxylic acids is 1. The van der Waals surface area contributed by atoms with E-state index in [4.69, 9.17) is 10.6 Å². The van der Waals surface area contributed by atoms with Crippen LogP contribution >= 0.6 is 11.3 Å². The second kappa shape index (κ2) is 5.03. The third kappa shape index (κ3) is 2.41. The molecular weight excluding hydrogens is 258 g/mol. The van der Waals surface area contributed by atoms with E-state index in [0.717, 1.165) is 11.3 Å². The number of carbonyl (C=O) groups excluding carboxylic acids is 1. The highest BCUT2D eigenvalue weighted by atomic mass is 32.1. The molecule has 1 aromatic rings. The average molecular weight is 267 g/mol. The summed E-state index contributed by atoms with van der Waals surface area (Å²) in [7, 11) is 0. The van der Waals surface area contributed by atoms with Gasteiger partial charge in [0.05, 0.1) is 6.20 Å². The third-order valence-corrected chi connectivity index (χ3v) is 3.55. The van der Waals surface area contributed by atoms with E-state index in [9.17, 15) is 9.59 Å². The molecule has 2 heterocycles. The Morgan fingerprint density at radius 3 is 3.17 bits per heavy atom. The van der Waals surface area contributed by atoms with E-state index < -0.39 is 5.97 Å². The van der Waals surface area contributed by atoms with Crippen LogP contribution < -0.4 is 4.90 Å². The van der Waals surface area contributed by atoms with E-state index in [1.807, 2.05) is 0 Å². The predicted octanol–water partition coefficient (Wildman–Crippen LogP) is 1.50. The van der Waals surface area contributed by atoms with Gasteiger partial charge in [0.15, 0.2) is 5.13 Å². The van der Waals surface area contributed by atoms with Gasteiger partial charge in [-0.05, 0) is 11.4 Å². The first kappa shape index (κ1) is 12.3. The smallest absolute Gasteiger partial charge is 0.347 e. The second-order valence-electron chi connectivity index (χ2n) is 3.80. The number of azide groups is 1. The maximum Gasteiger partial charge on any atom is 0.347 e. The maximum atomic E-state index is 11.7. The largest absolute Gasteiger partial charge is 0.477 e. The molecule has 1 unspecified atom stereocenters. The van der Waals surface area contributed by atoms with E-state index in [0.29, 0.717) is 18.1 Å². The fourth-order valence-electron chi connectivity index (χ4n) is 1.73. The topological polar surface area (TPSA) is 119 Å². The molecule has 18 heavy (non-hydrogen) atoms. The molecule has 1 N–H and O–H groups in total. The van der Waals surface area contributed by atoms with Gasteiger partial charge in [0.1, 0.15) is 4.88 Å². The van der Waals surface area contributed by atoms with Crippen LogP contribution in [0.25, 0.3) is 10.4 Å². The highest BCUT2D eigenvalue weighted by molar-refractivity contribution is 7.17. The Morgan fingerprint density at radius 2 is 2.56 bits per heavy atom. The van der Waals surface area contributed by atoms with Crippen LogP contribution in [0.1, 0.15) is 16.1 Å². The molecule has 8 nitrogen and oxygen atoms in total. The number of hydrogen-bond donors (Lipinski definition) is 1. The zero-order chi connectivity index (χ0) is 13.1. The minimum atomic E-state index is -1.06. The molecule has 94 valence electrons. The summed E-state index contributed by atoms with van der Waals surface area (Å²) in [4.78, 5) is 30.6. The van der Waals surface area contributed by atoms with Gasteiger partial charge in [-0.15, -0.1) is 0 Å². The number of aromatic nitrogens is 1. The fourth-order valence-corrected chi connectivity index (χ4v) is 2.51. The van der Waals surface area contributed by atoms with Crippen LogP contribution in [0.2, 0.25) is 0 Å². The Bertz CT molecular complexity index is 536. The predicted molar refractivity (Wildman–Crippen MR) is 63.5 cm³/mol. The van der Waals surface area contributed by atoms with Crippen molar-refractivity contribution in [1.29, 1.82) is 0 Å². The summed E-state index contributed by atoms with van der Waals surface area (Å²) in [5, 5.41) is 12.6. The molecule has 1 saturated heterocycles. The lowest BCUT2D eigenvalue weighted by molar-refractivity contribution is -0.117. The monoisotopic (exact) mass is 267 g/mol. The molecule has 0 bridgehead atoms. The number of aromatic carboxylic acids is 1. The van der Waals surface area contributed by atoms with Crippen molar-refractivity contribution < 1.29 is 14.7 Å². The molecule has 1 aromatic heterocycles. The van der Waals surface area contributed by atoms with Crippen LogP contribution in [0.5, 0.6) is 0 Å². The van der Waals surface area contributed by atoms with Crippen molar-refractivity contribution in [2.45, 2.75) is 6.42 Å². The molecule has 1 aliphatic rings. The first-order valence-corrected chi connectivity index (χ1v) is 5.94. The van der Waals surface area contributed by atoms with Gasteiger partial charge in [-0.1, -0.05) is 16.5 Å². The number of nitrogens with zero attached hydrogens (tertiary/aromatic N) is 5. The Kier molecular flexibility index (Phi) is 3.45. The summed E-state index contributed by atoms with van der Waals surface area (Å²) in [5.41, 5.74) is 8.22. The zero-order valence-electron chi connectivity index (χ0n) is 9.18. The number of rotatable bonds is 4. The molecule has 9 heteroatoms. The zero-order valence-corrected chi connectivity index (χ0v) is 10.0. The van der Waals surface area contributed by atoms with Crippen LogP contribution in [0.15, 0.2) is 11.3 Å². The minimum Gasteiger partial charge on any atom is -0.477 e. The molecular formula is C9H9N5O3S. The van der Waals surface area contributed by atoms with Crippen LogP contribution in [0, 0.1) is 5.92 Å².